The monoisotopic (exact) mass is 513 g/mol. The Kier molecular flexibility index (Phi) is 7.33. The van der Waals surface area contributed by atoms with E-state index in [1.54, 1.807) is 10.9 Å². The fourth-order valence-electron chi connectivity index (χ4n) is 4.89. The molecule has 0 amide bonds. The minimum atomic E-state index is -0.0361. The summed E-state index contributed by atoms with van der Waals surface area (Å²) in [5.74, 6) is -0.0361. The second-order valence-electron chi connectivity index (χ2n) is 10.2. The van der Waals surface area contributed by atoms with Gasteiger partial charge in [0.05, 0.1) is 29.5 Å². The average molecular weight is 514 g/mol. The molecule has 10 nitrogen and oxygen atoms in total. The molecule has 1 aliphatic rings. The molecule has 5 heterocycles. The highest BCUT2D eigenvalue weighted by atomic mass is 16.1. The van der Waals surface area contributed by atoms with E-state index in [0.29, 0.717) is 5.69 Å². The summed E-state index contributed by atoms with van der Waals surface area (Å²) in [6.45, 7) is 15.4. The Morgan fingerprint density at radius 1 is 1.03 bits per heavy atom. The van der Waals surface area contributed by atoms with Crippen LogP contribution in [0.4, 0.5) is 5.69 Å². The molecule has 1 fully saturated rings. The Morgan fingerprint density at radius 2 is 1.82 bits per heavy atom. The number of piperazine rings is 1. The number of hydrogen-bond donors (Lipinski definition) is 0. The van der Waals surface area contributed by atoms with Gasteiger partial charge in [-0.3, -0.25) is 19.4 Å². The first kappa shape index (κ1) is 25.7. The number of rotatable bonds is 8. The Hall–Kier alpha value is -3.92. The van der Waals surface area contributed by atoms with Crippen molar-refractivity contribution in [3.63, 3.8) is 0 Å². The van der Waals surface area contributed by atoms with Crippen LogP contribution in [0, 0.1) is 13.8 Å². The van der Waals surface area contributed by atoms with E-state index < -0.39 is 0 Å². The highest BCUT2D eigenvalue weighted by Gasteiger charge is 2.18. The van der Waals surface area contributed by atoms with Crippen molar-refractivity contribution in [3.8, 4) is 16.9 Å². The van der Waals surface area contributed by atoms with Gasteiger partial charge in [0.2, 0.25) is 0 Å². The summed E-state index contributed by atoms with van der Waals surface area (Å²) in [5, 5.41) is 13.3. The van der Waals surface area contributed by atoms with Gasteiger partial charge in [0.25, 0.3) is 0 Å². The zero-order valence-electron chi connectivity index (χ0n) is 22.8. The van der Waals surface area contributed by atoms with E-state index in [4.69, 9.17) is 0 Å². The number of hydrogen-bond acceptors (Lipinski definition) is 8. The summed E-state index contributed by atoms with van der Waals surface area (Å²) in [6.07, 6.45) is 7.58. The number of carbonyl (C=O) groups excluding carboxylic acids is 1. The van der Waals surface area contributed by atoms with Gasteiger partial charge in [0, 0.05) is 62.3 Å². The molecule has 0 spiro atoms. The molecule has 1 saturated heterocycles. The standard InChI is InChI=1S/C28H35N9O/c1-6-34-7-9-35(10-8-34)24-14-23(16-29-17-24)26-18-36(33-31-26)27-12-22(15-30-21(27)5)13-28(38)25-11-20(4)37(32-25)19(2)3/h11-12,14-19H,6-10,13H2,1-5H3. The molecule has 198 valence electrons. The number of carbonyl (C=O) groups is 1. The molecule has 0 bridgehead atoms. The highest BCUT2D eigenvalue weighted by molar-refractivity contribution is 5.95. The van der Waals surface area contributed by atoms with E-state index in [2.05, 4.69) is 62.0 Å². The van der Waals surface area contributed by atoms with Crippen molar-refractivity contribution < 1.29 is 4.79 Å². The van der Waals surface area contributed by atoms with E-state index in [9.17, 15) is 4.79 Å². The highest BCUT2D eigenvalue weighted by Crippen LogP contribution is 2.24. The lowest BCUT2D eigenvalue weighted by atomic mass is 10.1. The Bertz CT molecular complexity index is 1430. The van der Waals surface area contributed by atoms with Gasteiger partial charge in [-0.15, -0.1) is 5.10 Å². The lowest BCUT2D eigenvalue weighted by molar-refractivity contribution is 0.0987. The second kappa shape index (κ2) is 10.8. The molecule has 10 heteroatoms. The third-order valence-corrected chi connectivity index (χ3v) is 7.12. The van der Waals surface area contributed by atoms with Crippen molar-refractivity contribution in [3.05, 3.63) is 65.6 Å². The van der Waals surface area contributed by atoms with Crippen LogP contribution in [0.1, 0.15) is 54.3 Å². The van der Waals surface area contributed by atoms with Crippen molar-refractivity contribution in [2.75, 3.05) is 37.6 Å². The van der Waals surface area contributed by atoms with Gasteiger partial charge in [-0.1, -0.05) is 12.1 Å². The van der Waals surface area contributed by atoms with Gasteiger partial charge in [0.15, 0.2) is 5.78 Å². The van der Waals surface area contributed by atoms with Gasteiger partial charge in [0.1, 0.15) is 11.4 Å². The predicted molar refractivity (Wildman–Crippen MR) is 147 cm³/mol. The largest absolute Gasteiger partial charge is 0.368 e. The van der Waals surface area contributed by atoms with Crippen LogP contribution in [0.5, 0.6) is 0 Å². The van der Waals surface area contributed by atoms with Gasteiger partial charge in [-0.2, -0.15) is 5.10 Å². The van der Waals surface area contributed by atoms with E-state index in [-0.39, 0.29) is 18.2 Å². The molecule has 4 aromatic rings. The third kappa shape index (κ3) is 5.35. The molecule has 0 aliphatic carbocycles. The summed E-state index contributed by atoms with van der Waals surface area (Å²) in [4.78, 5) is 26.8. The van der Waals surface area contributed by atoms with Crippen LogP contribution in [-0.4, -0.2) is 78.1 Å². The van der Waals surface area contributed by atoms with Gasteiger partial charge < -0.3 is 9.80 Å². The van der Waals surface area contributed by atoms with Crippen molar-refractivity contribution in [2.45, 2.75) is 47.1 Å². The number of Topliss-reactive ketones (excluding diaryl/α,β-unsaturated/α-hetero) is 1. The molecule has 0 unspecified atom stereocenters. The first-order chi connectivity index (χ1) is 18.3. The Morgan fingerprint density at radius 3 is 2.53 bits per heavy atom. The molecule has 1 aliphatic heterocycles. The summed E-state index contributed by atoms with van der Waals surface area (Å²) in [5.41, 5.74) is 6.60. The normalized spacial score (nSPS) is 14.4. The molecule has 0 aromatic carbocycles. The molecule has 0 radical (unpaired) electrons. The van der Waals surface area contributed by atoms with Crippen LogP contribution in [0.25, 0.3) is 16.9 Å². The summed E-state index contributed by atoms with van der Waals surface area (Å²) in [7, 11) is 0. The topological polar surface area (TPSA) is 97.9 Å². The Balaban J connectivity index is 1.34. The zero-order chi connectivity index (χ0) is 26.8. The number of aryl methyl sites for hydroxylation is 2. The number of ketones is 1. The van der Waals surface area contributed by atoms with Crippen molar-refractivity contribution in [1.82, 2.24) is 39.6 Å². The summed E-state index contributed by atoms with van der Waals surface area (Å²) in [6, 6.07) is 6.13. The predicted octanol–water partition coefficient (Wildman–Crippen LogP) is 3.69. The maximum absolute atomic E-state index is 13.0. The van der Waals surface area contributed by atoms with Crippen LogP contribution in [0.15, 0.2) is 43.0 Å². The number of pyridine rings is 2. The van der Waals surface area contributed by atoms with Crippen LogP contribution < -0.4 is 4.90 Å². The molecule has 0 N–H and O–H groups in total. The molecule has 0 saturated carbocycles. The molecule has 5 rings (SSSR count). The van der Waals surface area contributed by atoms with Gasteiger partial charge in [-0.25, -0.2) is 4.68 Å². The maximum Gasteiger partial charge on any atom is 0.187 e. The van der Waals surface area contributed by atoms with Crippen LogP contribution >= 0.6 is 0 Å². The lowest BCUT2D eigenvalue weighted by Crippen LogP contribution is -2.46. The number of aromatic nitrogens is 7. The number of likely N-dealkylation sites (N-methyl/N-ethyl adjacent to an activating group) is 1. The number of nitrogens with zero attached hydrogens (tertiary/aromatic N) is 9. The van der Waals surface area contributed by atoms with E-state index in [1.807, 2.05) is 49.3 Å². The summed E-state index contributed by atoms with van der Waals surface area (Å²) >= 11 is 0. The quantitative estimate of drug-likeness (QED) is 0.329. The smallest absolute Gasteiger partial charge is 0.187 e. The zero-order valence-corrected chi connectivity index (χ0v) is 22.8. The van der Waals surface area contributed by atoms with Crippen molar-refractivity contribution in [2.24, 2.45) is 0 Å². The lowest BCUT2D eigenvalue weighted by Gasteiger charge is -2.35. The first-order valence-corrected chi connectivity index (χ1v) is 13.2. The second-order valence-corrected chi connectivity index (χ2v) is 10.2. The van der Waals surface area contributed by atoms with E-state index in [1.165, 1.54) is 0 Å². The number of anilines is 1. The van der Waals surface area contributed by atoms with Gasteiger partial charge in [-0.05, 0) is 58.0 Å². The fraction of sp³-hybridized carbons (Fsp3) is 0.429. The molecule has 0 atom stereocenters. The molecule has 38 heavy (non-hydrogen) atoms. The van der Waals surface area contributed by atoms with Crippen LogP contribution in [0.3, 0.4) is 0 Å². The van der Waals surface area contributed by atoms with Crippen molar-refractivity contribution in [1.29, 1.82) is 0 Å². The molecular weight excluding hydrogens is 478 g/mol. The molecular formula is C28H35N9O. The van der Waals surface area contributed by atoms with Crippen molar-refractivity contribution >= 4 is 11.5 Å². The van der Waals surface area contributed by atoms with Crippen LogP contribution in [-0.2, 0) is 6.42 Å². The Labute approximate surface area is 223 Å². The SMILES string of the molecule is CCN1CCN(c2cncc(-c3cn(-c4cc(CC(=O)c5cc(C)n(C(C)C)n5)cnc4C)nn3)c2)CC1. The van der Waals surface area contributed by atoms with Crippen LogP contribution in [0.2, 0.25) is 0 Å². The van der Waals surface area contributed by atoms with E-state index >= 15 is 0 Å². The molecule has 4 aromatic heterocycles. The van der Waals surface area contributed by atoms with Gasteiger partial charge >= 0.3 is 0 Å². The minimum absolute atomic E-state index is 0.0361. The minimum Gasteiger partial charge on any atom is -0.368 e. The fourth-order valence-corrected chi connectivity index (χ4v) is 4.89. The third-order valence-electron chi connectivity index (χ3n) is 7.12. The summed E-state index contributed by atoms with van der Waals surface area (Å²) < 4.78 is 3.59. The maximum atomic E-state index is 13.0. The van der Waals surface area contributed by atoms with E-state index in [0.717, 1.165) is 72.3 Å². The first-order valence-electron chi connectivity index (χ1n) is 13.2. The average Bonchev–Trinajstić information content (AvgIpc) is 3.57.